The van der Waals surface area contributed by atoms with E-state index in [1.54, 1.807) is 7.11 Å². The van der Waals surface area contributed by atoms with Gasteiger partial charge in [0.05, 0.1) is 18.8 Å². The average molecular weight is 427 g/mol. The third kappa shape index (κ3) is 3.21. The third-order valence-corrected chi connectivity index (χ3v) is 11.0. The summed E-state index contributed by atoms with van der Waals surface area (Å²) in [5, 5.41) is 22.1. The monoisotopic (exact) mass is 426 g/mol. The Balaban J connectivity index is 1.41. The van der Waals surface area contributed by atoms with E-state index in [0.717, 1.165) is 48.3 Å². The number of rotatable bonds is 3. The summed E-state index contributed by atoms with van der Waals surface area (Å²) in [5.41, 5.74) is 0.847. The molecule has 4 saturated carbocycles. The van der Waals surface area contributed by atoms with Crippen molar-refractivity contribution in [2.45, 2.75) is 90.3 Å². The molecule has 3 heteroatoms. The van der Waals surface area contributed by atoms with Gasteiger partial charge in [0.25, 0.3) is 0 Å². The molecule has 0 heterocycles. The number of hydrogen-bond acceptors (Lipinski definition) is 3. The van der Waals surface area contributed by atoms with E-state index in [1.807, 2.05) is 12.1 Å². The second kappa shape index (κ2) is 7.48. The highest BCUT2D eigenvalue weighted by Gasteiger charge is 2.62. The van der Waals surface area contributed by atoms with E-state index in [1.165, 1.54) is 38.5 Å². The fourth-order valence-corrected chi connectivity index (χ4v) is 9.29. The molecule has 0 spiro atoms. The molecular formula is C28H42O3. The molecule has 1 aromatic rings. The van der Waals surface area contributed by atoms with Gasteiger partial charge in [-0.25, -0.2) is 0 Å². The molecule has 0 aliphatic heterocycles. The molecule has 31 heavy (non-hydrogen) atoms. The van der Waals surface area contributed by atoms with E-state index in [-0.39, 0.29) is 11.5 Å². The van der Waals surface area contributed by atoms with E-state index in [4.69, 9.17) is 4.74 Å². The van der Waals surface area contributed by atoms with Crippen molar-refractivity contribution < 1.29 is 14.9 Å². The average Bonchev–Trinajstić information content (AvgIpc) is 3.12. The zero-order valence-corrected chi connectivity index (χ0v) is 19.9. The molecular weight excluding hydrogens is 384 g/mol. The van der Waals surface area contributed by atoms with Gasteiger partial charge >= 0.3 is 0 Å². The van der Waals surface area contributed by atoms with Crippen LogP contribution in [0.4, 0.5) is 0 Å². The van der Waals surface area contributed by atoms with Crippen molar-refractivity contribution in [3.8, 4) is 5.75 Å². The highest BCUT2D eigenvalue weighted by Crippen LogP contribution is 2.69. The number of aliphatic hydroxyl groups excluding tert-OH is 1. The Morgan fingerprint density at radius 3 is 2.29 bits per heavy atom. The summed E-state index contributed by atoms with van der Waals surface area (Å²) in [6.07, 6.45) is 10.7. The lowest BCUT2D eigenvalue weighted by molar-refractivity contribution is -0.145. The SMILES string of the molecule is COc1ccc([C@@](C)(O)[C@H]2CC[C@H]3[C@@H]4CC[C@H]5C[C@@H](O)CC[C@]5(C)[C@H]4CC[C@@]32C)cc1. The van der Waals surface area contributed by atoms with Crippen LogP contribution in [-0.2, 0) is 5.60 Å². The molecule has 0 aromatic heterocycles. The van der Waals surface area contributed by atoms with Gasteiger partial charge in [0.1, 0.15) is 5.75 Å². The predicted molar refractivity (Wildman–Crippen MR) is 124 cm³/mol. The van der Waals surface area contributed by atoms with E-state index in [9.17, 15) is 10.2 Å². The van der Waals surface area contributed by atoms with Gasteiger partial charge in [0.2, 0.25) is 0 Å². The van der Waals surface area contributed by atoms with Crippen molar-refractivity contribution in [2.24, 2.45) is 40.4 Å². The van der Waals surface area contributed by atoms with Gasteiger partial charge in [-0.2, -0.15) is 0 Å². The van der Waals surface area contributed by atoms with E-state index >= 15 is 0 Å². The molecule has 4 aliphatic carbocycles. The molecule has 0 bridgehead atoms. The maximum absolute atomic E-state index is 11.8. The van der Waals surface area contributed by atoms with Crippen molar-refractivity contribution >= 4 is 0 Å². The van der Waals surface area contributed by atoms with Crippen molar-refractivity contribution in [2.75, 3.05) is 7.11 Å². The fraction of sp³-hybridized carbons (Fsp3) is 0.786. The lowest BCUT2D eigenvalue weighted by Gasteiger charge is -2.61. The number of ether oxygens (including phenoxy) is 1. The van der Waals surface area contributed by atoms with E-state index < -0.39 is 5.60 Å². The topological polar surface area (TPSA) is 49.7 Å². The second-order valence-corrected chi connectivity index (χ2v) is 12.1. The first-order chi connectivity index (χ1) is 14.7. The molecule has 5 rings (SSSR count). The first kappa shape index (κ1) is 21.8. The Bertz CT molecular complexity index is 801. The summed E-state index contributed by atoms with van der Waals surface area (Å²) in [6.45, 7) is 7.12. The van der Waals surface area contributed by atoms with Gasteiger partial charge < -0.3 is 14.9 Å². The van der Waals surface area contributed by atoms with Crippen LogP contribution in [0.2, 0.25) is 0 Å². The quantitative estimate of drug-likeness (QED) is 0.630. The molecule has 2 N–H and O–H groups in total. The van der Waals surface area contributed by atoms with Crippen LogP contribution in [0.25, 0.3) is 0 Å². The van der Waals surface area contributed by atoms with Crippen LogP contribution in [0, 0.1) is 40.4 Å². The first-order valence-corrected chi connectivity index (χ1v) is 12.7. The molecule has 9 atom stereocenters. The smallest absolute Gasteiger partial charge is 0.118 e. The summed E-state index contributed by atoms with van der Waals surface area (Å²) >= 11 is 0. The van der Waals surface area contributed by atoms with Gasteiger partial charge in [0.15, 0.2) is 0 Å². The molecule has 0 amide bonds. The number of benzene rings is 1. The summed E-state index contributed by atoms with van der Waals surface area (Å²) in [6, 6.07) is 8.08. The minimum atomic E-state index is -0.807. The van der Waals surface area contributed by atoms with Crippen molar-refractivity contribution in [3.05, 3.63) is 29.8 Å². The standard InChI is InChI=1S/C28H42O3/c1-26-15-13-20(29)17-19(26)7-10-22-23-11-12-25(27(23,2)16-14-24(22)26)28(3,30)18-5-8-21(31-4)9-6-18/h5-6,8-9,19-20,22-25,29-30H,7,10-17H2,1-4H3/t19-,20-,22-,23-,24-,25-,26-,27-,28+/m0/s1. The summed E-state index contributed by atoms with van der Waals surface area (Å²) in [7, 11) is 1.69. The Morgan fingerprint density at radius 1 is 0.903 bits per heavy atom. The maximum Gasteiger partial charge on any atom is 0.118 e. The van der Waals surface area contributed by atoms with Crippen molar-refractivity contribution in [1.29, 1.82) is 0 Å². The molecule has 1 aromatic carbocycles. The van der Waals surface area contributed by atoms with Crippen LogP contribution >= 0.6 is 0 Å². The lowest BCUT2D eigenvalue weighted by Crippen LogP contribution is -2.55. The van der Waals surface area contributed by atoms with Crippen molar-refractivity contribution in [3.63, 3.8) is 0 Å². The molecule has 4 aliphatic rings. The van der Waals surface area contributed by atoms with Gasteiger partial charge in [-0.1, -0.05) is 26.0 Å². The van der Waals surface area contributed by atoms with Crippen LogP contribution in [0.1, 0.15) is 84.1 Å². The van der Waals surface area contributed by atoms with Crippen LogP contribution in [0.3, 0.4) is 0 Å². The Kier molecular flexibility index (Phi) is 5.26. The van der Waals surface area contributed by atoms with Crippen LogP contribution in [-0.4, -0.2) is 23.4 Å². The Labute approximate surface area is 188 Å². The van der Waals surface area contributed by atoms with Gasteiger partial charge in [-0.3, -0.25) is 0 Å². The molecule has 0 saturated heterocycles. The van der Waals surface area contributed by atoms with Crippen molar-refractivity contribution in [1.82, 2.24) is 0 Å². The van der Waals surface area contributed by atoms with Gasteiger partial charge in [-0.05, 0) is 123 Å². The van der Waals surface area contributed by atoms with Crippen LogP contribution in [0.5, 0.6) is 5.75 Å². The van der Waals surface area contributed by atoms with E-state index in [0.29, 0.717) is 17.3 Å². The number of hydrogen-bond donors (Lipinski definition) is 2. The Morgan fingerprint density at radius 2 is 1.58 bits per heavy atom. The zero-order valence-electron chi connectivity index (χ0n) is 19.9. The second-order valence-electron chi connectivity index (χ2n) is 12.1. The fourth-order valence-electron chi connectivity index (χ4n) is 9.29. The summed E-state index contributed by atoms with van der Waals surface area (Å²) in [4.78, 5) is 0. The summed E-state index contributed by atoms with van der Waals surface area (Å²) in [5.74, 6) is 4.19. The summed E-state index contributed by atoms with van der Waals surface area (Å²) < 4.78 is 5.33. The first-order valence-electron chi connectivity index (χ1n) is 12.7. The normalized spacial score (nSPS) is 46.4. The van der Waals surface area contributed by atoms with Crippen LogP contribution < -0.4 is 4.74 Å². The van der Waals surface area contributed by atoms with Gasteiger partial charge in [-0.15, -0.1) is 0 Å². The minimum absolute atomic E-state index is 0.0704. The molecule has 0 radical (unpaired) electrons. The molecule has 4 fully saturated rings. The number of aliphatic hydroxyl groups is 2. The third-order valence-electron chi connectivity index (χ3n) is 11.0. The highest BCUT2D eigenvalue weighted by atomic mass is 16.5. The number of fused-ring (bicyclic) bond motifs is 5. The lowest BCUT2D eigenvalue weighted by atomic mass is 9.44. The minimum Gasteiger partial charge on any atom is -0.497 e. The molecule has 3 nitrogen and oxygen atoms in total. The highest BCUT2D eigenvalue weighted by molar-refractivity contribution is 5.32. The zero-order chi connectivity index (χ0) is 22.0. The largest absolute Gasteiger partial charge is 0.497 e. The molecule has 0 unspecified atom stereocenters. The van der Waals surface area contributed by atoms with E-state index in [2.05, 4.69) is 32.9 Å². The maximum atomic E-state index is 11.8. The number of methoxy groups -OCH3 is 1. The van der Waals surface area contributed by atoms with Crippen LogP contribution in [0.15, 0.2) is 24.3 Å². The van der Waals surface area contributed by atoms with Gasteiger partial charge in [0, 0.05) is 0 Å². The molecule has 172 valence electrons. The predicted octanol–water partition coefficient (Wildman–Crippen LogP) is 5.92. The Hall–Kier alpha value is -1.06.